The highest BCUT2D eigenvalue weighted by molar-refractivity contribution is 6.31. The zero-order valence-corrected chi connectivity index (χ0v) is 13.9. The van der Waals surface area contributed by atoms with Crippen molar-refractivity contribution in [3.63, 3.8) is 0 Å². The summed E-state index contributed by atoms with van der Waals surface area (Å²) in [6.07, 6.45) is 0.711. The molecule has 0 fully saturated rings. The van der Waals surface area contributed by atoms with Gasteiger partial charge < -0.3 is 10.7 Å². The van der Waals surface area contributed by atoms with Crippen LogP contribution in [-0.4, -0.2) is 21.9 Å². The summed E-state index contributed by atoms with van der Waals surface area (Å²) in [7, 11) is 0. The van der Waals surface area contributed by atoms with E-state index in [1.807, 2.05) is 42.5 Å². The molecule has 0 spiro atoms. The summed E-state index contributed by atoms with van der Waals surface area (Å²) in [6, 6.07) is 12.7. The highest BCUT2D eigenvalue weighted by atomic mass is 35.5. The molecule has 1 aliphatic rings. The number of imidazole rings is 1. The Morgan fingerprint density at radius 3 is 2.96 bits per heavy atom. The van der Waals surface area contributed by atoms with Crippen molar-refractivity contribution in [1.29, 1.82) is 0 Å². The first kappa shape index (κ1) is 15.2. The van der Waals surface area contributed by atoms with Gasteiger partial charge >= 0.3 is 0 Å². The van der Waals surface area contributed by atoms with Crippen LogP contribution in [0.15, 0.2) is 42.5 Å². The first-order valence-electron chi connectivity index (χ1n) is 7.86. The van der Waals surface area contributed by atoms with Gasteiger partial charge in [-0.3, -0.25) is 9.69 Å². The standard InChI is InChI=1S/C18H17ClN4O/c1-10(20)18(24)23-15-5-3-2-4-11(15)8-16(23)17-21-13-7-6-12(19)9-14(13)22-17/h2-7,9-10,16H,8,20H2,1H3,(H,21,22). The van der Waals surface area contributed by atoms with E-state index in [2.05, 4.69) is 9.97 Å². The fourth-order valence-corrected chi connectivity index (χ4v) is 3.42. The number of hydrogen-bond acceptors (Lipinski definition) is 3. The number of benzene rings is 2. The number of nitrogens with zero attached hydrogens (tertiary/aromatic N) is 2. The van der Waals surface area contributed by atoms with Gasteiger partial charge in [0, 0.05) is 17.1 Å². The minimum atomic E-state index is -0.572. The molecule has 0 saturated carbocycles. The van der Waals surface area contributed by atoms with Crippen molar-refractivity contribution in [2.75, 3.05) is 4.90 Å². The fourth-order valence-electron chi connectivity index (χ4n) is 3.25. The topological polar surface area (TPSA) is 75.0 Å². The van der Waals surface area contributed by atoms with E-state index in [1.54, 1.807) is 11.8 Å². The maximum Gasteiger partial charge on any atom is 0.244 e. The Labute approximate surface area is 144 Å². The zero-order valence-electron chi connectivity index (χ0n) is 13.2. The van der Waals surface area contributed by atoms with Crippen LogP contribution >= 0.6 is 11.6 Å². The largest absolute Gasteiger partial charge is 0.340 e. The van der Waals surface area contributed by atoms with Gasteiger partial charge in [-0.1, -0.05) is 29.8 Å². The lowest BCUT2D eigenvalue weighted by Gasteiger charge is -2.25. The summed E-state index contributed by atoms with van der Waals surface area (Å²) in [6.45, 7) is 1.71. The van der Waals surface area contributed by atoms with Crippen molar-refractivity contribution in [2.24, 2.45) is 5.73 Å². The third kappa shape index (κ3) is 2.37. The Morgan fingerprint density at radius 2 is 2.17 bits per heavy atom. The van der Waals surface area contributed by atoms with Gasteiger partial charge in [-0.25, -0.2) is 4.98 Å². The summed E-state index contributed by atoms with van der Waals surface area (Å²) < 4.78 is 0. The molecule has 24 heavy (non-hydrogen) atoms. The number of aromatic amines is 1. The number of para-hydroxylation sites is 1. The van der Waals surface area contributed by atoms with Crippen molar-refractivity contribution >= 4 is 34.2 Å². The molecule has 0 aliphatic carbocycles. The molecule has 2 heterocycles. The Balaban J connectivity index is 1.82. The molecule has 1 amide bonds. The van der Waals surface area contributed by atoms with Crippen LogP contribution in [0, 0.1) is 0 Å². The molecular weight excluding hydrogens is 324 g/mol. The van der Waals surface area contributed by atoms with E-state index in [1.165, 1.54) is 0 Å². The van der Waals surface area contributed by atoms with Gasteiger partial charge in [0.2, 0.25) is 5.91 Å². The van der Waals surface area contributed by atoms with Crippen molar-refractivity contribution in [3.8, 4) is 0 Å². The summed E-state index contributed by atoms with van der Waals surface area (Å²) >= 11 is 6.05. The Hall–Kier alpha value is -2.37. The molecular formula is C18H17ClN4O. The molecule has 3 aromatic rings. The van der Waals surface area contributed by atoms with Crippen LogP contribution in [0.4, 0.5) is 5.69 Å². The van der Waals surface area contributed by atoms with Crippen LogP contribution in [0.5, 0.6) is 0 Å². The van der Waals surface area contributed by atoms with E-state index in [9.17, 15) is 4.79 Å². The number of amides is 1. The molecule has 0 radical (unpaired) electrons. The molecule has 2 atom stereocenters. The van der Waals surface area contributed by atoms with E-state index in [-0.39, 0.29) is 11.9 Å². The lowest BCUT2D eigenvalue weighted by Crippen LogP contribution is -2.43. The molecule has 0 saturated heterocycles. The van der Waals surface area contributed by atoms with Gasteiger partial charge in [-0.05, 0) is 36.8 Å². The van der Waals surface area contributed by atoms with Gasteiger partial charge in [0.15, 0.2) is 0 Å². The predicted octanol–water partition coefficient (Wildman–Crippen LogP) is 3.19. The molecule has 0 bridgehead atoms. The monoisotopic (exact) mass is 340 g/mol. The molecule has 5 nitrogen and oxygen atoms in total. The first-order chi connectivity index (χ1) is 11.5. The smallest absolute Gasteiger partial charge is 0.244 e. The fraction of sp³-hybridized carbons (Fsp3) is 0.222. The van der Waals surface area contributed by atoms with Crippen LogP contribution in [0.2, 0.25) is 5.02 Å². The number of carbonyl (C=O) groups is 1. The number of nitrogens with one attached hydrogen (secondary N) is 1. The number of hydrogen-bond donors (Lipinski definition) is 2. The summed E-state index contributed by atoms with van der Waals surface area (Å²) in [5, 5.41) is 0.638. The van der Waals surface area contributed by atoms with Crippen LogP contribution in [-0.2, 0) is 11.2 Å². The molecule has 4 rings (SSSR count). The lowest BCUT2D eigenvalue weighted by molar-refractivity contribution is -0.119. The molecule has 2 unspecified atom stereocenters. The molecule has 3 N–H and O–H groups in total. The molecule has 2 aromatic carbocycles. The SMILES string of the molecule is CC(N)C(=O)N1c2ccccc2CC1c1nc2cc(Cl)ccc2[nH]1. The average Bonchev–Trinajstić information content (AvgIpc) is 3.14. The summed E-state index contributed by atoms with van der Waals surface area (Å²) in [4.78, 5) is 22.4. The van der Waals surface area contributed by atoms with Crippen molar-refractivity contribution < 1.29 is 4.79 Å². The van der Waals surface area contributed by atoms with Crippen LogP contribution < -0.4 is 10.6 Å². The molecule has 1 aliphatic heterocycles. The normalized spacial score (nSPS) is 18.0. The highest BCUT2D eigenvalue weighted by Crippen LogP contribution is 2.40. The quantitative estimate of drug-likeness (QED) is 0.752. The van der Waals surface area contributed by atoms with Crippen LogP contribution in [0.1, 0.15) is 24.4 Å². The van der Waals surface area contributed by atoms with E-state index in [4.69, 9.17) is 17.3 Å². The maximum absolute atomic E-state index is 12.7. The van der Waals surface area contributed by atoms with E-state index in [0.29, 0.717) is 11.4 Å². The summed E-state index contributed by atoms with van der Waals surface area (Å²) in [5.74, 6) is 0.640. The van der Waals surface area contributed by atoms with Crippen molar-refractivity contribution in [3.05, 3.63) is 58.9 Å². The van der Waals surface area contributed by atoms with Gasteiger partial charge in [0.05, 0.1) is 23.1 Å². The molecule has 122 valence electrons. The Bertz CT molecular complexity index is 934. The molecule has 1 aromatic heterocycles. The van der Waals surface area contributed by atoms with Crippen molar-refractivity contribution in [2.45, 2.75) is 25.4 Å². The number of carbonyl (C=O) groups excluding carboxylic acids is 1. The molecule has 6 heteroatoms. The predicted molar refractivity (Wildman–Crippen MR) is 95.1 cm³/mol. The third-order valence-corrected chi connectivity index (χ3v) is 4.62. The second-order valence-corrected chi connectivity index (χ2v) is 6.57. The van der Waals surface area contributed by atoms with Crippen molar-refractivity contribution in [1.82, 2.24) is 9.97 Å². The van der Waals surface area contributed by atoms with E-state index >= 15 is 0 Å². The Kier molecular flexibility index (Phi) is 3.55. The number of H-pyrrole nitrogens is 1. The maximum atomic E-state index is 12.7. The van der Waals surface area contributed by atoms with E-state index in [0.717, 1.165) is 28.1 Å². The van der Waals surface area contributed by atoms with Crippen LogP contribution in [0.3, 0.4) is 0 Å². The number of halogens is 1. The van der Waals surface area contributed by atoms with Gasteiger partial charge in [0.25, 0.3) is 0 Å². The minimum absolute atomic E-state index is 0.108. The summed E-state index contributed by atoms with van der Waals surface area (Å²) in [5.41, 5.74) is 9.59. The van der Waals surface area contributed by atoms with Crippen LogP contribution in [0.25, 0.3) is 11.0 Å². The number of anilines is 1. The lowest BCUT2D eigenvalue weighted by atomic mass is 10.1. The minimum Gasteiger partial charge on any atom is -0.340 e. The van der Waals surface area contributed by atoms with Gasteiger partial charge in [-0.15, -0.1) is 0 Å². The first-order valence-corrected chi connectivity index (χ1v) is 8.24. The second kappa shape index (κ2) is 5.61. The number of fused-ring (bicyclic) bond motifs is 2. The number of nitrogens with two attached hydrogens (primary N) is 1. The third-order valence-electron chi connectivity index (χ3n) is 4.38. The number of rotatable bonds is 2. The average molecular weight is 341 g/mol. The second-order valence-electron chi connectivity index (χ2n) is 6.13. The number of aromatic nitrogens is 2. The zero-order chi connectivity index (χ0) is 16.8. The van der Waals surface area contributed by atoms with Gasteiger partial charge in [-0.2, -0.15) is 0 Å². The Morgan fingerprint density at radius 1 is 1.38 bits per heavy atom. The van der Waals surface area contributed by atoms with Gasteiger partial charge in [0.1, 0.15) is 5.82 Å². The highest BCUT2D eigenvalue weighted by Gasteiger charge is 2.37. The van der Waals surface area contributed by atoms with E-state index < -0.39 is 6.04 Å².